The first kappa shape index (κ1) is 11.2. The number of H-pyrrole nitrogens is 1. The van der Waals surface area contributed by atoms with Crippen molar-refractivity contribution in [1.29, 1.82) is 0 Å². The maximum atomic E-state index is 12.0. The fraction of sp³-hybridized carbons (Fsp3) is 0. The summed E-state index contributed by atoms with van der Waals surface area (Å²) in [5, 5.41) is 8.93. The maximum Gasteiger partial charge on any atom is 0.335 e. The Labute approximate surface area is 107 Å². The summed E-state index contributed by atoms with van der Waals surface area (Å²) in [5.74, 6) is -1.03. The van der Waals surface area contributed by atoms with E-state index >= 15 is 0 Å². The average molecular weight is 255 g/mol. The van der Waals surface area contributed by atoms with Gasteiger partial charge in [-0.25, -0.2) is 9.59 Å². The molecule has 2 aromatic heterocycles. The number of pyridine rings is 1. The van der Waals surface area contributed by atoms with E-state index in [1.165, 1.54) is 16.7 Å². The van der Waals surface area contributed by atoms with E-state index in [2.05, 4.69) is 9.97 Å². The Morgan fingerprint density at radius 3 is 2.84 bits per heavy atom. The Hall–Kier alpha value is -2.89. The summed E-state index contributed by atoms with van der Waals surface area (Å²) in [6.45, 7) is 0. The number of hydrogen-bond donors (Lipinski definition) is 2. The summed E-state index contributed by atoms with van der Waals surface area (Å²) in [4.78, 5) is 29.5. The van der Waals surface area contributed by atoms with Gasteiger partial charge in [0.2, 0.25) is 0 Å². The molecule has 0 amide bonds. The van der Waals surface area contributed by atoms with Crippen LogP contribution >= 0.6 is 0 Å². The number of carbonyl (C=O) groups is 1. The van der Waals surface area contributed by atoms with Crippen molar-refractivity contribution in [2.75, 3.05) is 0 Å². The van der Waals surface area contributed by atoms with Crippen molar-refractivity contribution in [3.8, 4) is 5.69 Å². The predicted octanol–water partition coefficient (Wildman–Crippen LogP) is 1.41. The number of aromatic carboxylic acids is 1. The van der Waals surface area contributed by atoms with Crippen LogP contribution in [0.1, 0.15) is 10.4 Å². The molecule has 2 heterocycles. The fourth-order valence-corrected chi connectivity index (χ4v) is 1.99. The van der Waals surface area contributed by atoms with E-state index in [1.807, 2.05) is 0 Å². The van der Waals surface area contributed by atoms with Crippen LogP contribution in [0.2, 0.25) is 0 Å². The molecule has 3 aromatic rings. The van der Waals surface area contributed by atoms with Crippen LogP contribution in [0.15, 0.2) is 47.5 Å². The predicted molar refractivity (Wildman–Crippen MR) is 68.7 cm³/mol. The van der Waals surface area contributed by atoms with Crippen LogP contribution in [-0.2, 0) is 0 Å². The number of benzene rings is 1. The molecule has 6 heteroatoms. The highest BCUT2D eigenvalue weighted by Gasteiger charge is 2.11. The second-order valence-corrected chi connectivity index (χ2v) is 4.01. The van der Waals surface area contributed by atoms with Crippen molar-refractivity contribution in [2.45, 2.75) is 0 Å². The lowest BCUT2D eigenvalue weighted by atomic mass is 10.2. The van der Waals surface area contributed by atoms with Crippen LogP contribution in [0.3, 0.4) is 0 Å². The molecule has 1 aromatic carbocycles. The van der Waals surface area contributed by atoms with Gasteiger partial charge in [-0.3, -0.25) is 9.55 Å². The molecular weight excluding hydrogens is 246 g/mol. The van der Waals surface area contributed by atoms with Crippen LogP contribution in [0.4, 0.5) is 0 Å². The lowest BCUT2D eigenvalue weighted by molar-refractivity contribution is 0.0697. The van der Waals surface area contributed by atoms with E-state index < -0.39 is 5.97 Å². The molecule has 6 nitrogen and oxygen atoms in total. The van der Waals surface area contributed by atoms with Crippen molar-refractivity contribution in [2.24, 2.45) is 0 Å². The molecule has 3 rings (SSSR count). The zero-order chi connectivity index (χ0) is 13.4. The Kier molecular flexibility index (Phi) is 2.42. The number of hydrogen-bond acceptors (Lipinski definition) is 3. The van der Waals surface area contributed by atoms with Gasteiger partial charge in [-0.2, -0.15) is 0 Å². The number of imidazole rings is 1. The van der Waals surface area contributed by atoms with Gasteiger partial charge in [0.15, 0.2) is 0 Å². The molecule has 2 N–H and O–H groups in total. The van der Waals surface area contributed by atoms with Crippen LogP contribution in [0.25, 0.3) is 16.7 Å². The Bertz CT molecular complexity index is 818. The number of carboxylic acid groups (broad SMARTS) is 1. The Morgan fingerprint density at radius 2 is 2.16 bits per heavy atom. The Balaban J connectivity index is 2.30. The minimum absolute atomic E-state index is 0.132. The average Bonchev–Trinajstić information content (AvgIpc) is 2.74. The molecule has 94 valence electrons. The minimum atomic E-state index is -1.03. The van der Waals surface area contributed by atoms with Crippen molar-refractivity contribution < 1.29 is 9.90 Å². The molecule has 0 fully saturated rings. The summed E-state index contributed by atoms with van der Waals surface area (Å²) < 4.78 is 1.45. The molecule has 0 aliphatic carbocycles. The molecule has 0 atom stereocenters. The van der Waals surface area contributed by atoms with Crippen LogP contribution in [-0.4, -0.2) is 25.6 Å². The summed E-state index contributed by atoms with van der Waals surface area (Å²) in [6.07, 6.45) is 3.19. The third-order valence-electron chi connectivity index (χ3n) is 2.83. The van der Waals surface area contributed by atoms with Crippen molar-refractivity contribution in [3.63, 3.8) is 0 Å². The molecule has 0 aliphatic heterocycles. The number of aromatic nitrogens is 3. The first-order valence-electron chi connectivity index (χ1n) is 5.55. The highest BCUT2D eigenvalue weighted by Crippen LogP contribution is 2.16. The van der Waals surface area contributed by atoms with E-state index in [4.69, 9.17) is 5.11 Å². The van der Waals surface area contributed by atoms with E-state index in [-0.39, 0.29) is 11.3 Å². The van der Waals surface area contributed by atoms with E-state index in [1.54, 1.807) is 30.6 Å². The summed E-state index contributed by atoms with van der Waals surface area (Å²) in [6, 6.07) is 7.99. The smallest absolute Gasteiger partial charge is 0.335 e. The molecule has 0 aliphatic rings. The largest absolute Gasteiger partial charge is 0.478 e. The first-order chi connectivity index (χ1) is 9.16. The van der Waals surface area contributed by atoms with Gasteiger partial charge in [0.1, 0.15) is 0 Å². The normalized spacial score (nSPS) is 10.7. The van der Waals surface area contributed by atoms with Gasteiger partial charge in [-0.15, -0.1) is 0 Å². The third kappa shape index (κ3) is 1.79. The Morgan fingerprint density at radius 1 is 1.32 bits per heavy atom. The van der Waals surface area contributed by atoms with Crippen LogP contribution in [0, 0.1) is 0 Å². The molecule has 0 radical (unpaired) electrons. The first-order valence-corrected chi connectivity index (χ1v) is 5.55. The maximum absolute atomic E-state index is 12.0. The third-order valence-corrected chi connectivity index (χ3v) is 2.83. The van der Waals surface area contributed by atoms with Crippen molar-refractivity contribution in [1.82, 2.24) is 14.5 Å². The van der Waals surface area contributed by atoms with Crippen molar-refractivity contribution >= 4 is 17.0 Å². The second-order valence-electron chi connectivity index (χ2n) is 4.01. The molecule has 0 bridgehead atoms. The molecular formula is C13H9N3O3. The van der Waals surface area contributed by atoms with Gasteiger partial charge in [-0.1, -0.05) is 0 Å². The number of fused-ring (bicyclic) bond motifs is 1. The van der Waals surface area contributed by atoms with E-state index in [0.717, 1.165) is 0 Å². The zero-order valence-corrected chi connectivity index (χ0v) is 9.70. The second kappa shape index (κ2) is 4.09. The highest BCUT2D eigenvalue weighted by molar-refractivity contribution is 5.92. The number of nitrogens with zero attached hydrogens (tertiary/aromatic N) is 2. The minimum Gasteiger partial charge on any atom is -0.478 e. The standard InChI is InChI=1S/C13H9N3O3/c17-12(18)8-3-4-11-10(6-8)15-13(19)16(11)9-2-1-5-14-7-9/h1-7H,(H,15,19)(H,17,18). The highest BCUT2D eigenvalue weighted by atomic mass is 16.4. The number of carboxylic acids is 1. The number of nitrogens with one attached hydrogen (secondary N) is 1. The van der Waals surface area contributed by atoms with Gasteiger partial charge >= 0.3 is 11.7 Å². The van der Waals surface area contributed by atoms with Crippen LogP contribution in [0.5, 0.6) is 0 Å². The summed E-state index contributed by atoms with van der Waals surface area (Å²) in [5.41, 5.74) is 1.52. The van der Waals surface area contributed by atoms with Crippen LogP contribution < -0.4 is 5.69 Å². The van der Waals surface area contributed by atoms with Gasteiger partial charge in [0.05, 0.1) is 28.5 Å². The fourth-order valence-electron chi connectivity index (χ4n) is 1.99. The lowest BCUT2D eigenvalue weighted by Crippen LogP contribution is -2.14. The monoisotopic (exact) mass is 255 g/mol. The summed E-state index contributed by atoms with van der Waals surface area (Å²) in [7, 11) is 0. The quantitative estimate of drug-likeness (QED) is 0.724. The number of rotatable bonds is 2. The van der Waals surface area contributed by atoms with Gasteiger partial charge in [0, 0.05) is 6.20 Å². The zero-order valence-electron chi connectivity index (χ0n) is 9.70. The van der Waals surface area contributed by atoms with Gasteiger partial charge in [-0.05, 0) is 30.3 Å². The SMILES string of the molecule is O=C(O)c1ccc2c(c1)[nH]c(=O)n2-c1cccnc1. The molecule has 0 unspecified atom stereocenters. The molecule has 0 saturated heterocycles. The molecule has 0 spiro atoms. The lowest BCUT2D eigenvalue weighted by Gasteiger charge is -2.02. The van der Waals surface area contributed by atoms with Gasteiger partial charge < -0.3 is 10.1 Å². The van der Waals surface area contributed by atoms with E-state index in [0.29, 0.717) is 16.7 Å². The molecule has 19 heavy (non-hydrogen) atoms. The van der Waals surface area contributed by atoms with Gasteiger partial charge in [0.25, 0.3) is 0 Å². The summed E-state index contributed by atoms with van der Waals surface area (Å²) >= 11 is 0. The topological polar surface area (TPSA) is 88.0 Å². The number of aromatic amines is 1. The van der Waals surface area contributed by atoms with E-state index in [9.17, 15) is 9.59 Å². The van der Waals surface area contributed by atoms with Crippen molar-refractivity contribution in [3.05, 3.63) is 58.8 Å². The molecule has 0 saturated carbocycles.